The van der Waals surface area contributed by atoms with E-state index in [1.54, 1.807) is 23.1 Å². The molecule has 1 aliphatic rings. The molecule has 2 aromatic carbocycles. The average Bonchev–Trinajstić information content (AvgIpc) is 3.16. The number of amides is 2. The molecule has 7 nitrogen and oxygen atoms in total. The molecule has 7 heteroatoms. The van der Waals surface area contributed by atoms with Crippen LogP contribution in [0.25, 0.3) is 0 Å². The van der Waals surface area contributed by atoms with Crippen LogP contribution in [0.1, 0.15) is 15.9 Å². The lowest BCUT2D eigenvalue weighted by Gasteiger charge is -2.11. The fraction of sp³-hybridized carbons (Fsp3) is 0.238. The van der Waals surface area contributed by atoms with Crippen LogP contribution < -0.4 is 19.7 Å². The quantitative estimate of drug-likeness (QED) is 0.807. The Balaban J connectivity index is 1.57. The van der Waals surface area contributed by atoms with E-state index in [1.807, 2.05) is 24.3 Å². The first-order valence-corrected chi connectivity index (χ1v) is 8.65. The Morgan fingerprint density at radius 3 is 2.39 bits per heavy atom. The van der Waals surface area contributed by atoms with Crippen LogP contribution in [0.5, 0.6) is 11.5 Å². The van der Waals surface area contributed by atoms with Gasteiger partial charge in [-0.25, -0.2) is 4.79 Å². The average molecular weight is 380 g/mol. The minimum absolute atomic E-state index is 0.193. The highest BCUT2D eigenvalue weighted by Gasteiger charge is 2.23. The van der Waals surface area contributed by atoms with E-state index in [9.17, 15) is 9.59 Å². The Bertz CT molecular complexity index is 906. The Morgan fingerprint density at radius 1 is 1.14 bits per heavy atom. The molecule has 0 aliphatic carbocycles. The lowest BCUT2D eigenvalue weighted by atomic mass is 10.2. The van der Waals surface area contributed by atoms with Crippen molar-refractivity contribution in [3.63, 3.8) is 0 Å². The minimum Gasteiger partial charge on any atom is -0.497 e. The van der Waals surface area contributed by atoms with Crippen LogP contribution >= 0.6 is 0 Å². The molecular formula is C21H20N2O5. The number of rotatable bonds is 5. The van der Waals surface area contributed by atoms with Gasteiger partial charge in [-0.05, 0) is 36.4 Å². The largest absolute Gasteiger partial charge is 0.497 e. The number of nitrogens with zero attached hydrogens (tertiary/aromatic N) is 1. The molecule has 2 aromatic rings. The van der Waals surface area contributed by atoms with Crippen LogP contribution in [-0.2, 0) is 4.74 Å². The molecule has 1 N–H and O–H groups in total. The highest BCUT2D eigenvalue weighted by atomic mass is 16.6. The lowest BCUT2D eigenvalue weighted by molar-refractivity contribution is 0.0958. The second-order valence-corrected chi connectivity index (χ2v) is 5.90. The number of benzene rings is 2. The topological polar surface area (TPSA) is 77.1 Å². The standard InChI is InChI=1S/C21H20N2O5/c1-26-18-12-16(13-19(14-18)27-2)20(24)22-9-3-4-15-5-7-17(8-6-15)23-10-11-28-21(23)25/h5-8,12-14H,9-11H2,1-2H3,(H,22,24). The summed E-state index contributed by atoms with van der Waals surface area (Å²) in [6.07, 6.45) is -0.337. The number of nitrogens with one attached hydrogen (secondary N) is 1. The van der Waals surface area contributed by atoms with Crippen molar-refractivity contribution in [3.05, 3.63) is 53.6 Å². The minimum atomic E-state index is -0.337. The number of cyclic esters (lactones) is 1. The van der Waals surface area contributed by atoms with Crippen molar-refractivity contribution >= 4 is 17.7 Å². The van der Waals surface area contributed by atoms with Crippen LogP contribution in [-0.4, -0.2) is 45.9 Å². The fourth-order valence-electron chi connectivity index (χ4n) is 2.66. The normalized spacial score (nSPS) is 12.6. The van der Waals surface area contributed by atoms with E-state index in [-0.39, 0.29) is 18.5 Å². The molecular weight excluding hydrogens is 360 g/mol. The zero-order chi connectivity index (χ0) is 19.9. The fourth-order valence-corrected chi connectivity index (χ4v) is 2.66. The van der Waals surface area contributed by atoms with E-state index >= 15 is 0 Å². The first-order chi connectivity index (χ1) is 13.6. The van der Waals surface area contributed by atoms with Gasteiger partial charge in [0.1, 0.15) is 18.1 Å². The van der Waals surface area contributed by atoms with Crippen molar-refractivity contribution in [2.45, 2.75) is 0 Å². The number of carbonyl (C=O) groups is 2. The Morgan fingerprint density at radius 2 is 1.82 bits per heavy atom. The van der Waals surface area contributed by atoms with Crippen LogP contribution in [0, 0.1) is 11.8 Å². The van der Waals surface area contributed by atoms with Crippen molar-refractivity contribution in [1.82, 2.24) is 5.32 Å². The zero-order valence-electron chi connectivity index (χ0n) is 15.7. The number of carbonyl (C=O) groups excluding carboxylic acids is 2. The van der Waals surface area contributed by atoms with E-state index in [0.29, 0.717) is 30.2 Å². The van der Waals surface area contributed by atoms with E-state index < -0.39 is 0 Å². The second-order valence-electron chi connectivity index (χ2n) is 5.90. The predicted molar refractivity (Wildman–Crippen MR) is 104 cm³/mol. The van der Waals surface area contributed by atoms with Crippen LogP contribution in [0.15, 0.2) is 42.5 Å². The van der Waals surface area contributed by atoms with Crippen molar-refractivity contribution in [3.8, 4) is 23.3 Å². The van der Waals surface area contributed by atoms with Gasteiger partial charge in [-0.1, -0.05) is 11.8 Å². The molecule has 0 atom stereocenters. The molecule has 0 saturated carbocycles. The number of methoxy groups -OCH3 is 2. The van der Waals surface area contributed by atoms with Crippen molar-refractivity contribution in [1.29, 1.82) is 0 Å². The van der Waals surface area contributed by atoms with Gasteiger partial charge in [-0.3, -0.25) is 9.69 Å². The maximum absolute atomic E-state index is 12.3. The summed E-state index contributed by atoms with van der Waals surface area (Å²) in [6.45, 7) is 1.14. The van der Waals surface area contributed by atoms with Gasteiger partial charge in [0.25, 0.3) is 5.91 Å². The Hall–Kier alpha value is -3.66. The van der Waals surface area contributed by atoms with Gasteiger partial charge >= 0.3 is 6.09 Å². The predicted octanol–water partition coefficient (Wildman–Crippen LogP) is 2.44. The Kier molecular flexibility index (Phi) is 6.02. The molecule has 1 aliphatic heterocycles. The summed E-state index contributed by atoms with van der Waals surface area (Å²) < 4.78 is 15.2. The molecule has 0 spiro atoms. The zero-order valence-corrected chi connectivity index (χ0v) is 15.7. The number of hydrogen-bond acceptors (Lipinski definition) is 5. The van der Waals surface area contributed by atoms with Gasteiger partial charge in [-0.2, -0.15) is 0 Å². The van der Waals surface area contributed by atoms with Crippen molar-refractivity contribution in [2.24, 2.45) is 0 Å². The molecule has 0 unspecified atom stereocenters. The van der Waals surface area contributed by atoms with Crippen LogP contribution in [0.3, 0.4) is 0 Å². The molecule has 1 heterocycles. The molecule has 3 rings (SSSR count). The van der Waals surface area contributed by atoms with Gasteiger partial charge < -0.3 is 19.5 Å². The van der Waals surface area contributed by atoms with Gasteiger partial charge in [0, 0.05) is 22.9 Å². The maximum Gasteiger partial charge on any atom is 0.414 e. The summed E-state index contributed by atoms with van der Waals surface area (Å²) in [5.74, 6) is 6.69. The van der Waals surface area contributed by atoms with Crippen LogP contribution in [0.4, 0.5) is 10.5 Å². The maximum atomic E-state index is 12.3. The van der Waals surface area contributed by atoms with Crippen molar-refractivity contribution < 1.29 is 23.8 Å². The second kappa shape index (κ2) is 8.82. The molecule has 2 amide bonds. The molecule has 0 aromatic heterocycles. The van der Waals surface area contributed by atoms with E-state index in [0.717, 1.165) is 11.3 Å². The Labute approximate surface area is 163 Å². The monoisotopic (exact) mass is 380 g/mol. The first kappa shape index (κ1) is 19.1. The number of hydrogen-bond donors (Lipinski definition) is 1. The van der Waals surface area contributed by atoms with Gasteiger partial charge in [0.05, 0.1) is 27.3 Å². The van der Waals surface area contributed by atoms with Gasteiger partial charge in [0.15, 0.2) is 0 Å². The summed E-state index contributed by atoms with van der Waals surface area (Å²) in [7, 11) is 3.06. The van der Waals surface area contributed by atoms with Gasteiger partial charge in [-0.15, -0.1) is 0 Å². The summed E-state index contributed by atoms with van der Waals surface area (Å²) in [6, 6.07) is 12.2. The molecule has 0 radical (unpaired) electrons. The molecule has 1 saturated heterocycles. The van der Waals surface area contributed by atoms with Crippen molar-refractivity contribution in [2.75, 3.05) is 38.8 Å². The smallest absolute Gasteiger partial charge is 0.414 e. The van der Waals surface area contributed by atoms with Crippen LogP contribution in [0.2, 0.25) is 0 Å². The third-order valence-electron chi connectivity index (χ3n) is 4.12. The summed E-state index contributed by atoms with van der Waals surface area (Å²) in [5.41, 5.74) is 1.99. The SMILES string of the molecule is COc1cc(OC)cc(C(=O)NCC#Cc2ccc(N3CCOC3=O)cc2)c1. The highest BCUT2D eigenvalue weighted by Crippen LogP contribution is 2.22. The molecule has 28 heavy (non-hydrogen) atoms. The van der Waals surface area contributed by atoms with E-state index in [4.69, 9.17) is 14.2 Å². The summed E-state index contributed by atoms with van der Waals surface area (Å²) >= 11 is 0. The first-order valence-electron chi connectivity index (χ1n) is 8.65. The highest BCUT2D eigenvalue weighted by molar-refractivity contribution is 5.95. The molecule has 1 fully saturated rings. The third kappa shape index (κ3) is 4.54. The van der Waals surface area contributed by atoms with Gasteiger partial charge in [0.2, 0.25) is 0 Å². The number of ether oxygens (including phenoxy) is 3. The van der Waals surface area contributed by atoms with E-state index in [2.05, 4.69) is 17.2 Å². The molecule has 0 bridgehead atoms. The van der Waals surface area contributed by atoms with E-state index in [1.165, 1.54) is 14.2 Å². The number of anilines is 1. The molecule has 144 valence electrons. The summed E-state index contributed by atoms with van der Waals surface area (Å²) in [5, 5.41) is 2.74. The summed E-state index contributed by atoms with van der Waals surface area (Å²) in [4.78, 5) is 25.4. The third-order valence-corrected chi connectivity index (χ3v) is 4.12. The lowest BCUT2D eigenvalue weighted by Crippen LogP contribution is -2.23.